The Balaban J connectivity index is 1.72. The number of hydrogen-bond donors (Lipinski definition) is 1. The van der Waals surface area contributed by atoms with Crippen molar-refractivity contribution in [2.45, 2.75) is 51.2 Å². The van der Waals surface area contributed by atoms with Gasteiger partial charge in [-0.3, -0.25) is 9.29 Å². The van der Waals surface area contributed by atoms with E-state index in [1.54, 1.807) is 30.8 Å². The number of hydrogen-bond acceptors (Lipinski definition) is 9. The van der Waals surface area contributed by atoms with E-state index in [2.05, 4.69) is 24.9 Å². The average Bonchev–Trinajstić information content (AvgIpc) is 3.16. The summed E-state index contributed by atoms with van der Waals surface area (Å²) in [6, 6.07) is 3.57. The predicted octanol–water partition coefficient (Wildman–Crippen LogP) is 3.06. The smallest absolute Gasteiger partial charge is 0.240 e. The number of aryl methyl sites for hydroxylation is 1. The number of rotatable bonds is 9. The van der Waals surface area contributed by atoms with Gasteiger partial charge in [0.2, 0.25) is 16.0 Å². The number of sulfonamides is 1. The van der Waals surface area contributed by atoms with Gasteiger partial charge in [-0.05, 0) is 51.5 Å². The van der Waals surface area contributed by atoms with Crippen LogP contribution in [0, 0.1) is 12.7 Å². The fraction of sp³-hybridized carbons (Fsp3) is 0.478. The Kier molecular flexibility index (Phi) is 7.52. The van der Waals surface area contributed by atoms with Crippen LogP contribution in [0.15, 0.2) is 30.6 Å². The van der Waals surface area contributed by atoms with Crippen LogP contribution in [0.3, 0.4) is 0 Å². The summed E-state index contributed by atoms with van der Waals surface area (Å²) < 4.78 is 62.3. The average molecular weight is 521 g/mol. The van der Waals surface area contributed by atoms with Gasteiger partial charge in [-0.1, -0.05) is 0 Å². The normalized spacial score (nSPS) is 17.0. The fourth-order valence-corrected chi connectivity index (χ4v) is 4.97. The Labute approximate surface area is 209 Å². The maximum atomic E-state index is 14.1. The number of nitrogens with one attached hydrogen (secondary N) is 1. The number of halogens is 1. The zero-order valence-electron chi connectivity index (χ0n) is 20.7. The van der Waals surface area contributed by atoms with E-state index in [0.717, 1.165) is 5.56 Å². The zero-order chi connectivity index (χ0) is 26.0. The Morgan fingerprint density at radius 3 is 2.61 bits per heavy atom. The molecule has 2 aromatic heterocycles. The number of aromatic nitrogens is 5. The van der Waals surface area contributed by atoms with Crippen LogP contribution in [0.4, 0.5) is 10.3 Å². The highest BCUT2D eigenvalue weighted by atomic mass is 32.2. The molecule has 11 nitrogen and oxygen atoms in total. The van der Waals surface area contributed by atoms with E-state index >= 15 is 0 Å². The van der Waals surface area contributed by atoms with Gasteiger partial charge in [-0.2, -0.15) is 0 Å². The highest BCUT2D eigenvalue weighted by molar-refractivity contribution is 7.93. The molecule has 0 spiro atoms. The Bertz CT molecular complexity index is 1320. The fourth-order valence-electron chi connectivity index (χ4n) is 3.88. The largest absolute Gasteiger partial charge is 0.491 e. The van der Waals surface area contributed by atoms with Crippen molar-refractivity contribution in [2.24, 2.45) is 0 Å². The van der Waals surface area contributed by atoms with Crippen molar-refractivity contribution in [2.75, 3.05) is 25.0 Å². The van der Waals surface area contributed by atoms with Crippen LogP contribution in [0.1, 0.15) is 44.3 Å². The molecular weight excluding hydrogens is 491 g/mol. The highest BCUT2D eigenvalue weighted by Gasteiger charge is 2.37. The third-order valence-electron chi connectivity index (χ3n) is 5.66. The summed E-state index contributed by atoms with van der Waals surface area (Å²) in [5.41, 5.74) is 1.19. The molecule has 2 unspecified atom stereocenters. The van der Waals surface area contributed by atoms with Gasteiger partial charge in [0.05, 0.1) is 24.3 Å². The van der Waals surface area contributed by atoms with Crippen molar-refractivity contribution in [1.29, 1.82) is 0 Å². The summed E-state index contributed by atoms with van der Waals surface area (Å²) in [5.74, 6) is 0.384. The third kappa shape index (κ3) is 5.32. The van der Waals surface area contributed by atoms with Crippen LogP contribution in [0.5, 0.6) is 5.75 Å². The van der Waals surface area contributed by atoms with Crippen molar-refractivity contribution >= 4 is 16.0 Å². The number of methoxy groups -OCH3 is 1. The van der Waals surface area contributed by atoms with Gasteiger partial charge < -0.3 is 14.2 Å². The summed E-state index contributed by atoms with van der Waals surface area (Å²) in [7, 11) is -2.57. The molecule has 1 aliphatic rings. The number of anilines is 1. The van der Waals surface area contributed by atoms with Crippen LogP contribution < -0.4 is 9.46 Å². The molecule has 3 atom stereocenters. The second kappa shape index (κ2) is 10.4. The Morgan fingerprint density at radius 2 is 1.94 bits per heavy atom. The van der Waals surface area contributed by atoms with E-state index in [1.807, 2.05) is 6.92 Å². The topological polar surface area (TPSA) is 130 Å². The molecule has 4 rings (SSSR count). The van der Waals surface area contributed by atoms with Crippen LogP contribution in [0.25, 0.3) is 11.4 Å². The van der Waals surface area contributed by atoms with E-state index in [4.69, 9.17) is 14.2 Å². The number of benzene rings is 1. The minimum atomic E-state index is -4.09. The molecule has 0 saturated heterocycles. The first-order valence-corrected chi connectivity index (χ1v) is 13.0. The first-order valence-electron chi connectivity index (χ1n) is 11.4. The molecule has 1 aliphatic heterocycles. The third-order valence-corrected chi connectivity index (χ3v) is 7.35. The molecule has 0 saturated carbocycles. The molecule has 1 aromatic carbocycles. The molecule has 13 heteroatoms. The summed E-state index contributed by atoms with van der Waals surface area (Å²) in [6.45, 7) is 7.28. The molecule has 0 radical (unpaired) electrons. The molecule has 0 bridgehead atoms. The van der Waals surface area contributed by atoms with Crippen molar-refractivity contribution in [3.8, 4) is 17.1 Å². The second-order valence-electron chi connectivity index (χ2n) is 8.85. The van der Waals surface area contributed by atoms with Gasteiger partial charge in [-0.25, -0.2) is 22.8 Å². The zero-order valence-corrected chi connectivity index (χ0v) is 21.5. The van der Waals surface area contributed by atoms with Crippen molar-refractivity contribution in [3.05, 3.63) is 47.8 Å². The maximum absolute atomic E-state index is 14.1. The van der Waals surface area contributed by atoms with Gasteiger partial charge >= 0.3 is 0 Å². The molecule has 3 heterocycles. The summed E-state index contributed by atoms with van der Waals surface area (Å²) in [6.07, 6.45) is 1.99. The molecular formula is C23H29FN6O5S. The van der Waals surface area contributed by atoms with Gasteiger partial charge in [0, 0.05) is 19.5 Å². The Morgan fingerprint density at radius 1 is 1.22 bits per heavy atom. The van der Waals surface area contributed by atoms with Crippen LogP contribution >= 0.6 is 0 Å². The molecule has 0 amide bonds. The van der Waals surface area contributed by atoms with Gasteiger partial charge in [0.15, 0.2) is 11.6 Å². The SMILES string of the molecule is COC[C@@H]1COc2ccc(F)cc2-c2nnc(NS(=O)(=O)C(C)C(OC(C)C)c3ncc(C)cn3)n21. The molecule has 3 aromatic rings. The Hall–Kier alpha value is -3.16. The van der Waals surface area contributed by atoms with E-state index < -0.39 is 33.2 Å². The quantitative estimate of drug-likeness (QED) is 0.452. The summed E-state index contributed by atoms with van der Waals surface area (Å²) in [5, 5.41) is 7.16. The lowest BCUT2D eigenvalue weighted by Crippen LogP contribution is -2.35. The lowest BCUT2D eigenvalue weighted by molar-refractivity contribution is 0.00152. The number of ether oxygens (including phenoxy) is 3. The van der Waals surface area contributed by atoms with Crippen molar-refractivity contribution < 1.29 is 27.0 Å². The second-order valence-corrected chi connectivity index (χ2v) is 10.9. The first kappa shape index (κ1) is 25.9. The van der Waals surface area contributed by atoms with Crippen LogP contribution in [0.2, 0.25) is 0 Å². The molecule has 1 N–H and O–H groups in total. The highest BCUT2D eigenvalue weighted by Crippen LogP contribution is 2.37. The lowest BCUT2D eigenvalue weighted by atomic mass is 10.2. The van der Waals surface area contributed by atoms with Crippen molar-refractivity contribution in [1.82, 2.24) is 24.7 Å². The standard InChI is InChI=1S/C23H29FN6O5S/c1-13(2)35-20(21-25-9-14(3)10-26-21)15(4)36(31,32)29-23-28-27-22-18-8-16(24)6-7-19(18)34-12-17(11-33-5)30(22)23/h6-10,13,15,17,20H,11-12H2,1-5H3,(H,28,29)/t15?,17-,20?/m1/s1. The maximum Gasteiger partial charge on any atom is 0.240 e. The van der Waals surface area contributed by atoms with Crippen LogP contribution in [-0.4, -0.2) is 64.8 Å². The molecule has 194 valence electrons. The summed E-state index contributed by atoms with van der Waals surface area (Å²) in [4.78, 5) is 8.57. The first-order chi connectivity index (χ1) is 17.1. The minimum absolute atomic E-state index is 0.0484. The van der Waals surface area contributed by atoms with E-state index in [1.165, 1.54) is 32.2 Å². The molecule has 36 heavy (non-hydrogen) atoms. The monoisotopic (exact) mass is 520 g/mol. The molecule has 0 fully saturated rings. The van der Waals surface area contributed by atoms with Gasteiger partial charge in [0.1, 0.15) is 29.5 Å². The van der Waals surface area contributed by atoms with Gasteiger partial charge in [0.25, 0.3) is 0 Å². The predicted molar refractivity (Wildman–Crippen MR) is 130 cm³/mol. The van der Waals surface area contributed by atoms with E-state index in [0.29, 0.717) is 11.3 Å². The number of nitrogens with zero attached hydrogens (tertiary/aromatic N) is 5. The van der Waals surface area contributed by atoms with E-state index in [-0.39, 0.29) is 36.9 Å². The minimum Gasteiger partial charge on any atom is -0.491 e. The van der Waals surface area contributed by atoms with Crippen LogP contribution in [-0.2, 0) is 19.5 Å². The lowest BCUT2D eigenvalue weighted by Gasteiger charge is -2.26. The summed E-state index contributed by atoms with van der Waals surface area (Å²) >= 11 is 0. The van der Waals surface area contributed by atoms with Gasteiger partial charge in [-0.15, -0.1) is 10.2 Å². The number of fused-ring (bicyclic) bond motifs is 3. The van der Waals surface area contributed by atoms with E-state index in [9.17, 15) is 12.8 Å². The van der Waals surface area contributed by atoms with Crippen molar-refractivity contribution in [3.63, 3.8) is 0 Å². The molecule has 0 aliphatic carbocycles.